The number of allylic oxidation sites excluding steroid dienone is 4. The van der Waals surface area contributed by atoms with Crippen LogP contribution in [0.15, 0.2) is 193 Å². The molecule has 8 aromatic rings. The molecule has 0 radical (unpaired) electrons. The largest absolute Gasteiger partial charge is 0.416 e. The zero-order valence-corrected chi connectivity index (χ0v) is 77.9. The Hall–Kier alpha value is -10.0. The summed E-state index contributed by atoms with van der Waals surface area (Å²) in [7, 11) is 0. The molecule has 2 N–H and O–H groups in total. The number of alkyl halides is 24. The normalized spacial score (nSPS) is 26.6. The van der Waals surface area contributed by atoms with Crippen LogP contribution in [0.3, 0.4) is 0 Å². The average molecular weight is 2060 g/mol. The van der Waals surface area contributed by atoms with Gasteiger partial charge in [-0.3, -0.25) is 9.59 Å². The van der Waals surface area contributed by atoms with Crippen molar-refractivity contribution < 1.29 is 151 Å². The topological polar surface area (TPSA) is 102 Å². The van der Waals surface area contributed by atoms with Crippen LogP contribution < -0.4 is 10.6 Å². The maximum Gasteiger partial charge on any atom is 0.416 e. The van der Waals surface area contributed by atoms with Crippen molar-refractivity contribution in [1.29, 1.82) is 0 Å². The van der Waals surface area contributed by atoms with E-state index in [9.17, 15) is 133 Å². The number of fused-ring (bicyclic) bond motifs is 4. The molecule has 4 saturated carbocycles. The number of carbonyl (C=O) groups is 2. The van der Waals surface area contributed by atoms with E-state index in [2.05, 4.69) is 20.4 Å². The third kappa shape index (κ3) is 25.8. The summed E-state index contributed by atoms with van der Waals surface area (Å²) in [5, 5.41) is 6.70. The average Bonchev–Trinajstić information content (AvgIpc) is 1.60. The Kier molecular flexibility index (Phi) is 32.3. The van der Waals surface area contributed by atoms with Crippen molar-refractivity contribution in [3.8, 4) is 0 Å². The van der Waals surface area contributed by atoms with Gasteiger partial charge < -0.3 is 39.4 Å². The number of ether oxygens (including phenoxy) is 4. The molecule has 1 unspecified atom stereocenters. The van der Waals surface area contributed by atoms with Crippen molar-refractivity contribution in [3.05, 3.63) is 306 Å². The van der Waals surface area contributed by atoms with Crippen LogP contribution in [0.1, 0.15) is 242 Å². The molecule has 6 aliphatic carbocycles. The van der Waals surface area contributed by atoms with Crippen molar-refractivity contribution in [1.82, 2.24) is 20.4 Å². The molecule has 0 amide bonds. The minimum absolute atomic E-state index is 0.0604. The van der Waals surface area contributed by atoms with E-state index in [4.69, 9.17) is 18.9 Å². The minimum atomic E-state index is -4.95. The SMILES string of the molecule is C[C@@H](O[C@H]1CC[C@@H]2CN(C3=CC(=O)CC3)C[C@H]2[C@@H]1c1ccc(F)cc1)c1cc(C(F)(F)F)cc(C(F)(F)F)c1.C[C@@H](O[C@H]1CC[C@@H]2CNC[C@H]2C1c1ccc(F)cc1)c1cc(C(F)(F)F)cc(C(F)(F)F)c1.C[C@@H](O[C@H]1CC[C@H]2CN(C3=CC(=O)CC3)C[C@H]2[C@@H]1c1ccc(F)cc1)c1cc(C(F)(F)F)cc(C(F)(F)F)c1.C[C@H](O[C@@H]1CC[C@@H]2CNC[C@@H]2[C@H]1c1ccc(F)cc1)c1cc(C(F)(F)F)cc(C(F)(F)F)c1. The molecule has 20 atom stereocenters. The number of rotatable bonds is 18. The Balaban J connectivity index is 0.000000145. The van der Waals surface area contributed by atoms with Crippen LogP contribution in [0.25, 0.3) is 0 Å². The van der Waals surface area contributed by atoms with Gasteiger partial charge in [-0.05, 0) is 331 Å². The number of nitrogens with zero attached hydrogens (tertiary/aromatic N) is 2. The van der Waals surface area contributed by atoms with Gasteiger partial charge in [0.25, 0.3) is 0 Å². The van der Waals surface area contributed by atoms with Gasteiger partial charge in [-0.25, -0.2) is 17.6 Å². The summed E-state index contributed by atoms with van der Waals surface area (Å²) < 4.78 is 400. The van der Waals surface area contributed by atoms with Crippen molar-refractivity contribution in [3.63, 3.8) is 0 Å². The molecule has 18 rings (SSSR count). The Labute approximate surface area is 812 Å². The predicted molar refractivity (Wildman–Crippen MR) is 474 cm³/mol. The van der Waals surface area contributed by atoms with E-state index in [1.165, 1.54) is 76.2 Å². The second-order valence-corrected chi connectivity index (χ2v) is 39.3. The predicted octanol–water partition coefficient (Wildman–Crippen LogP) is 28.8. The molecule has 8 fully saturated rings. The summed E-state index contributed by atoms with van der Waals surface area (Å²) >= 11 is 0. The van der Waals surface area contributed by atoms with Crippen LogP contribution in [0.4, 0.5) is 123 Å². The summed E-state index contributed by atoms with van der Waals surface area (Å²) in [6.07, 6.45) is -34.3. The van der Waals surface area contributed by atoms with Crippen LogP contribution >= 0.6 is 0 Å². The molecule has 10 nitrogen and oxygen atoms in total. The summed E-state index contributed by atoms with van der Waals surface area (Å²) in [5.74, 6) is -0.405. The maximum absolute atomic E-state index is 13.8. The number of nitrogens with one attached hydrogen (secondary N) is 2. The second-order valence-electron chi connectivity index (χ2n) is 39.3. The summed E-state index contributed by atoms with van der Waals surface area (Å²) in [6.45, 7) is 11.8. The van der Waals surface area contributed by atoms with Crippen molar-refractivity contribution in [2.24, 2.45) is 47.3 Å². The van der Waals surface area contributed by atoms with E-state index in [1.807, 2.05) is 0 Å². The lowest BCUT2D eigenvalue weighted by atomic mass is 9.69. The standard InChI is InChI=1S/2C29H28F7NO2.2C24H24F7NO/c2*1-16(19-10-20(28(31,32)33)12-21(11-19)29(34,35)36)39-26-9-4-18-14-37(23-7-8-24(38)13-23)15-25(18)27(26)17-2-5-22(30)6-3-17;2*1-13(16-8-17(23(26,27)28)10-18(9-16)24(29,30)31)33-21-7-4-15-11-32-12-20(15)22(21)14-2-5-19(25)6-3-14/h2*2-3,5-6,10-13,16,18,25-27H,4,7-9,14-15H2,1H3;2*2-3,5-6,8-10,13,15,20-22,32H,4,7,11-12H2,1H3/t16-,18+,25-,26+,27+;16-,18-,25-,26+,27+;13-,15+,20-,21+,22+;13-,15-,20-,21+,22?/m1101/s1. The van der Waals surface area contributed by atoms with Crippen LogP contribution in [0.2, 0.25) is 0 Å². The van der Waals surface area contributed by atoms with E-state index in [-0.39, 0.29) is 129 Å². The van der Waals surface area contributed by atoms with Gasteiger partial charge in [-0.1, -0.05) is 48.5 Å². The fourth-order valence-electron chi connectivity index (χ4n) is 23.1. The second kappa shape index (κ2) is 43.0. The molecule has 4 saturated heterocycles. The first-order valence-corrected chi connectivity index (χ1v) is 47.6. The molecule has 0 aromatic heterocycles. The minimum Gasteiger partial charge on any atom is -0.374 e. The maximum atomic E-state index is 13.8. The third-order valence-corrected chi connectivity index (χ3v) is 30.1. The first-order valence-electron chi connectivity index (χ1n) is 47.6. The van der Waals surface area contributed by atoms with E-state index in [0.29, 0.717) is 101 Å². The van der Waals surface area contributed by atoms with E-state index >= 15 is 0 Å². The van der Waals surface area contributed by atoms with Crippen LogP contribution in [-0.4, -0.2) is 98.1 Å². The van der Waals surface area contributed by atoms with Crippen molar-refractivity contribution in [2.75, 3.05) is 52.4 Å². The molecule has 4 aliphatic heterocycles. The number of hydrogen-bond donors (Lipinski definition) is 2. The molecule has 780 valence electrons. The molecule has 8 aromatic carbocycles. The molecule has 0 spiro atoms. The smallest absolute Gasteiger partial charge is 0.374 e. The summed E-state index contributed by atoms with van der Waals surface area (Å²) in [4.78, 5) is 28.0. The molecule has 144 heavy (non-hydrogen) atoms. The first kappa shape index (κ1) is 108. The number of halogens is 28. The number of benzene rings is 8. The number of carbonyl (C=O) groups excluding carboxylic acids is 2. The lowest BCUT2D eigenvalue weighted by Gasteiger charge is -2.41. The molecule has 4 heterocycles. The third-order valence-electron chi connectivity index (χ3n) is 30.1. The zero-order chi connectivity index (χ0) is 104. The van der Waals surface area contributed by atoms with Gasteiger partial charge in [-0.2, -0.15) is 105 Å². The Morgan fingerprint density at radius 1 is 0.264 bits per heavy atom. The van der Waals surface area contributed by atoms with Gasteiger partial charge in [-0.15, -0.1) is 0 Å². The number of ketones is 2. The van der Waals surface area contributed by atoms with Gasteiger partial charge in [0.2, 0.25) is 0 Å². The lowest BCUT2D eigenvalue weighted by molar-refractivity contribution is -0.145. The Morgan fingerprint density at radius 3 is 0.674 bits per heavy atom. The Morgan fingerprint density at radius 2 is 0.472 bits per heavy atom. The fraction of sp³-hybridized carbons (Fsp3) is 0.491. The highest BCUT2D eigenvalue weighted by Gasteiger charge is 2.53. The first-order chi connectivity index (χ1) is 67.4. The molecular weight excluding hydrogens is 1960 g/mol. The van der Waals surface area contributed by atoms with Gasteiger partial charge >= 0.3 is 49.4 Å². The van der Waals surface area contributed by atoms with E-state index in [1.54, 1.807) is 60.7 Å². The quantitative estimate of drug-likeness (QED) is 0.0808. The van der Waals surface area contributed by atoms with Gasteiger partial charge in [0.15, 0.2) is 11.6 Å². The highest BCUT2D eigenvalue weighted by atomic mass is 19.4. The molecule has 38 heteroatoms. The monoisotopic (exact) mass is 2060 g/mol. The van der Waals surface area contributed by atoms with Crippen LogP contribution in [0.5, 0.6) is 0 Å². The van der Waals surface area contributed by atoms with Gasteiger partial charge in [0.05, 0.1) is 93.3 Å². The number of hydrogen-bond acceptors (Lipinski definition) is 10. The zero-order valence-electron chi connectivity index (χ0n) is 77.9. The lowest BCUT2D eigenvalue weighted by Crippen LogP contribution is -2.38. The highest BCUT2D eigenvalue weighted by Crippen LogP contribution is 2.56. The van der Waals surface area contributed by atoms with E-state index in [0.717, 1.165) is 123 Å². The number of likely N-dealkylation sites (tertiary alicyclic amines) is 2. The van der Waals surface area contributed by atoms with Crippen LogP contribution in [0, 0.1) is 70.6 Å². The Bertz CT molecular complexity index is 5370. The molecule has 10 aliphatic rings. The van der Waals surface area contributed by atoms with Gasteiger partial charge in [0.1, 0.15) is 23.3 Å². The fourth-order valence-corrected chi connectivity index (χ4v) is 23.1. The van der Waals surface area contributed by atoms with Crippen molar-refractivity contribution >= 4 is 11.6 Å². The summed E-state index contributed by atoms with van der Waals surface area (Å²) in [5.41, 5.74) is -6.44. The molecular formula is C106H104F28N4O6. The highest BCUT2D eigenvalue weighted by molar-refractivity contribution is 5.93. The molecule has 0 bridgehead atoms. The summed E-state index contributed by atoms with van der Waals surface area (Å²) in [6, 6.07) is 30.3. The van der Waals surface area contributed by atoms with E-state index < -0.39 is 154 Å². The van der Waals surface area contributed by atoms with Crippen molar-refractivity contribution in [2.45, 2.75) is 227 Å². The van der Waals surface area contributed by atoms with Crippen LogP contribution in [-0.2, 0) is 77.9 Å². The van der Waals surface area contributed by atoms with Gasteiger partial charge in [0, 0.05) is 86.2 Å².